The van der Waals surface area contributed by atoms with E-state index in [4.69, 9.17) is 27.9 Å². The van der Waals surface area contributed by atoms with Gasteiger partial charge in [-0.05, 0) is 60.7 Å². The SMILES string of the molecule is O=C1c2ccc(Cl)cc2C(=O)N1c1ccc(Oc2ccc(Cl)cc2)cc1C(F)(F)F. The molecule has 0 saturated carbocycles. The number of ether oxygens (including phenoxy) is 1. The van der Waals surface area contributed by atoms with E-state index in [1.165, 1.54) is 48.5 Å². The normalized spacial score (nSPS) is 13.6. The Morgan fingerprint density at radius 2 is 1.33 bits per heavy atom. The molecule has 0 radical (unpaired) electrons. The quantitative estimate of drug-likeness (QED) is 0.421. The van der Waals surface area contributed by atoms with Gasteiger partial charge in [-0.3, -0.25) is 9.59 Å². The zero-order valence-electron chi connectivity index (χ0n) is 14.8. The van der Waals surface area contributed by atoms with Crippen molar-refractivity contribution in [2.24, 2.45) is 0 Å². The molecule has 30 heavy (non-hydrogen) atoms. The van der Waals surface area contributed by atoms with Crippen molar-refractivity contribution in [3.05, 3.63) is 87.4 Å². The summed E-state index contributed by atoms with van der Waals surface area (Å²) in [4.78, 5) is 25.8. The van der Waals surface area contributed by atoms with E-state index in [2.05, 4.69) is 0 Å². The fourth-order valence-electron chi connectivity index (χ4n) is 3.07. The van der Waals surface area contributed by atoms with Gasteiger partial charge in [-0.15, -0.1) is 0 Å². The molecule has 4 rings (SSSR count). The number of carbonyl (C=O) groups excluding carboxylic acids is 2. The zero-order valence-corrected chi connectivity index (χ0v) is 16.3. The van der Waals surface area contributed by atoms with Crippen LogP contribution in [-0.2, 0) is 6.18 Å². The van der Waals surface area contributed by atoms with E-state index in [-0.39, 0.29) is 27.6 Å². The molecule has 4 nitrogen and oxygen atoms in total. The van der Waals surface area contributed by atoms with Crippen LogP contribution in [0, 0.1) is 0 Å². The summed E-state index contributed by atoms with van der Waals surface area (Å²) in [6.07, 6.45) is -4.85. The number of rotatable bonds is 3. The Morgan fingerprint density at radius 3 is 2.00 bits per heavy atom. The van der Waals surface area contributed by atoms with Crippen molar-refractivity contribution in [1.29, 1.82) is 0 Å². The molecule has 3 aromatic rings. The number of halogens is 5. The van der Waals surface area contributed by atoms with Gasteiger partial charge in [0.15, 0.2) is 0 Å². The predicted octanol–water partition coefficient (Wildman–Crippen LogP) is 6.61. The van der Waals surface area contributed by atoms with Crippen LogP contribution in [0.5, 0.6) is 11.5 Å². The standard InChI is InChI=1S/C21H10Cl2F3NO3/c22-11-1-4-13(5-2-11)30-14-6-8-18(17(10-14)21(24,25)26)27-19(28)15-7-3-12(23)9-16(15)20(27)29/h1-10H. The summed E-state index contributed by atoms with van der Waals surface area (Å²) in [5.41, 5.74) is -1.84. The number of nitrogens with zero attached hydrogens (tertiary/aromatic N) is 1. The highest BCUT2D eigenvalue weighted by Gasteiger charge is 2.43. The highest BCUT2D eigenvalue weighted by Crippen LogP contribution is 2.42. The summed E-state index contributed by atoms with van der Waals surface area (Å²) in [5.74, 6) is -1.58. The summed E-state index contributed by atoms with van der Waals surface area (Å²) < 4.78 is 46.8. The molecule has 0 spiro atoms. The fraction of sp³-hybridized carbons (Fsp3) is 0.0476. The Hall–Kier alpha value is -3.03. The van der Waals surface area contributed by atoms with E-state index in [0.29, 0.717) is 9.92 Å². The molecular formula is C21H10Cl2F3NO3. The van der Waals surface area contributed by atoms with Gasteiger partial charge in [-0.2, -0.15) is 13.2 Å². The van der Waals surface area contributed by atoms with Gasteiger partial charge in [-0.25, -0.2) is 4.90 Å². The van der Waals surface area contributed by atoms with Gasteiger partial charge in [-0.1, -0.05) is 23.2 Å². The Labute approximate surface area is 178 Å². The molecule has 0 bridgehead atoms. The van der Waals surface area contributed by atoms with Gasteiger partial charge in [0, 0.05) is 10.0 Å². The monoisotopic (exact) mass is 451 g/mol. The van der Waals surface area contributed by atoms with Crippen LogP contribution in [0.15, 0.2) is 60.7 Å². The molecule has 0 aromatic heterocycles. The van der Waals surface area contributed by atoms with Crippen molar-refractivity contribution in [3.8, 4) is 11.5 Å². The Morgan fingerprint density at radius 1 is 0.733 bits per heavy atom. The molecule has 3 aromatic carbocycles. The van der Waals surface area contributed by atoms with Gasteiger partial charge in [0.05, 0.1) is 22.4 Å². The van der Waals surface area contributed by atoms with Crippen LogP contribution in [-0.4, -0.2) is 11.8 Å². The van der Waals surface area contributed by atoms with Crippen LogP contribution in [0.4, 0.5) is 18.9 Å². The maximum absolute atomic E-state index is 13.8. The van der Waals surface area contributed by atoms with Crippen LogP contribution in [0.1, 0.15) is 26.3 Å². The topological polar surface area (TPSA) is 46.6 Å². The molecule has 0 atom stereocenters. The van der Waals surface area contributed by atoms with Crippen LogP contribution in [0.3, 0.4) is 0 Å². The number of hydrogen-bond acceptors (Lipinski definition) is 3. The third-order valence-electron chi connectivity index (χ3n) is 4.41. The van der Waals surface area contributed by atoms with Gasteiger partial charge >= 0.3 is 6.18 Å². The van der Waals surface area contributed by atoms with E-state index in [1.54, 1.807) is 0 Å². The first kappa shape index (κ1) is 20.3. The van der Waals surface area contributed by atoms with Crippen molar-refractivity contribution < 1.29 is 27.5 Å². The third-order valence-corrected chi connectivity index (χ3v) is 4.90. The maximum atomic E-state index is 13.8. The molecule has 1 aliphatic rings. The van der Waals surface area contributed by atoms with Gasteiger partial charge in [0.2, 0.25) is 0 Å². The molecule has 1 aliphatic heterocycles. The number of carbonyl (C=O) groups is 2. The Balaban J connectivity index is 1.76. The van der Waals surface area contributed by atoms with E-state index < -0.39 is 29.2 Å². The molecule has 0 N–H and O–H groups in total. The lowest BCUT2D eigenvalue weighted by molar-refractivity contribution is -0.137. The molecular weight excluding hydrogens is 442 g/mol. The van der Waals surface area contributed by atoms with Gasteiger partial charge in [0.1, 0.15) is 11.5 Å². The lowest BCUT2D eigenvalue weighted by atomic mass is 10.1. The summed E-state index contributed by atoms with van der Waals surface area (Å²) in [6.45, 7) is 0. The van der Waals surface area contributed by atoms with Gasteiger partial charge < -0.3 is 4.74 Å². The number of imide groups is 1. The highest BCUT2D eigenvalue weighted by molar-refractivity contribution is 6.37. The third kappa shape index (κ3) is 3.62. The minimum absolute atomic E-state index is 0.0148. The zero-order chi connectivity index (χ0) is 21.6. The van der Waals surface area contributed by atoms with Crippen molar-refractivity contribution in [2.75, 3.05) is 4.90 Å². The second kappa shape index (κ2) is 7.34. The molecule has 0 unspecified atom stereocenters. The maximum Gasteiger partial charge on any atom is 0.418 e. The van der Waals surface area contributed by atoms with E-state index in [0.717, 1.165) is 12.1 Å². The van der Waals surface area contributed by atoms with Gasteiger partial charge in [0.25, 0.3) is 11.8 Å². The molecule has 152 valence electrons. The first-order valence-electron chi connectivity index (χ1n) is 8.48. The summed E-state index contributed by atoms with van der Waals surface area (Å²) in [6, 6.07) is 13.0. The first-order chi connectivity index (χ1) is 14.1. The second-order valence-electron chi connectivity index (χ2n) is 6.37. The Kier molecular flexibility index (Phi) is 4.95. The Bertz CT molecular complexity index is 1180. The summed E-state index contributed by atoms with van der Waals surface area (Å²) in [7, 11) is 0. The van der Waals surface area contributed by atoms with Crippen molar-refractivity contribution in [1.82, 2.24) is 0 Å². The molecule has 9 heteroatoms. The van der Waals surface area contributed by atoms with Crippen molar-refractivity contribution in [3.63, 3.8) is 0 Å². The smallest absolute Gasteiger partial charge is 0.418 e. The average Bonchev–Trinajstić information content (AvgIpc) is 2.93. The van der Waals surface area contributed by atoms with Crippen molar-refractivity contribution >= 4 is 40.7 Å². The molecule has 0 fully saturated rings. The fourth-order valence-corrected chi connectivity index (χ4v) is 3.37. The van der Waals surface area contributed by atoms with Crippen LogP contribution in [0.25, 0.3) is 0 Å². The lowest BCUT2D eigenvalue weighted by Crippen LogP contribution is -2.31. The van der Waals surface area contributed by atoms with Crippen LogP contribution >= 0.6 is 23.2 Å². The number of alkyl halides is 3. The lowest BCUT2D eigenvalue weighted by Gasteiger charge is -2.20. The minimum atomic E-state index is -4.85. The van der Waals surface area contributed by atoms with Crippen LogP contribution < -0.4 is 9.64 Å². The molecule has 2 amide bonds. The first-order valence-corrected chi connectivity index (χ1v) is 9.24. The highest BCUT2D eigenvalue weighted by atomic mass is 35.5. The largest absolute Gasteiger partial charge is 0.457 e. The number of amides is 2. The molecule has 0 aliphatic carbocycles. The second-order valence-corrected chi connectivity index (χ2v) is 7.24. The van der Waals surface area contributed by atoms with E-state index >= 15 is 0 Å². The van der Waals surface area contributed by atoms with E-state index in [9.17, 15) is 22.8 Å². The van der Waals surface area contributed by atoms with Crippen molar-refractivity contribution in [2.45, 2.75) is 6.18 Å². The number of hydrogen-bond donors (Lipinski definition) is 0. The minimum Gasteiger partial charge on any atom is -0.457 e. The summed E-state index contributed by atoms with van der Waals surface area (Å²) >= 11 is 11.6. The predicted molar refractivity (Wildman–Crippen MR) is 106 cm³/mol. The van der Waals surface area contributed by atoms with Crippen LogP contribution in [0.2, 0.25) is 10.0 Å². The molecule has 1 heterocycles. The number of benzene rings is 3. The average molecular weight is 452 g/mol. The summed E-state index contributed by atoms with van der Waals surface area (Å²) in [5, 5.41) is 0.638. The molecule has 0 saturated heterocycles. The number of fused-ring (bicyclic) bond motifs is 1. The van der Waals surface area contributed by atoms with E-state index in [1.807, 2.05) is 0 Å². The number of anilines is 1.